The van der Waals surface area contributed by atoms with Crippen molar-refractivity contribution < 1.29 is 13.2 Å². The second-order valence-electron chi connectivity index (χ2n) is 4.56. The van der Waals surface area contributed by atoms with Crippen molar-refractivity contribution in [2.45, 2.75) is 38.7 Å². The lowest BCUT2D eigenvalue weighted by molar-refractivity contribution is 0.0799. The van der Waals surface area contributed by atoms with E-state index in [2.05, 4.69) is 4.72 Å². The third-order valence-electron chi connectivity index (χ3n) is 2.89. The van der Waals surface area contributed by atoms with Gasteiger partial charge in [0.05, 0.1) is 11.8 Å². The van der Waals surface area contributed by atoms with Gasteiger partial charge < -0.3 is 10.5 Å². The number of nitrogens with one attached hydrogen (secondary N) is 1. The summed E-state index contributed by atoms with van der Waals surface area (Å²) < 4.78 is 32.4. The van der Waals surface area contributed by atoms with Crippen LogP contribution in [0.25, 0.3) is 0 Å². The minimum Gasteiger partial charge on any atom is -0.397 e. The van der Waals surface area contributed by atoms with Crippen LogP contribution in [0.2, 0.25) is 0 Å². The lowest BCUT2D eigenvalue weighted by Gasteiger charge is -2.16. The molecular weight excluding hydrogens is 264 g/mol. The fourth-order valence-corrected chi connectivity index (χ4v) is 3.35. The maximum Gasteiger partial charge on any atom is 0.242 e. The fraction of sp³-hybridized carbons (Fsp3) is 0.538. The van der Waals surface area contributed by atoms with E-state index < -0.39 is 10.0 Å². The Morgan fingerprint density at radius 3 is 2.47 bits per heavy atom. The van der Waals surface area contributed by atoms with Crippen LogP contribution < -0.4 is 10.5 Å². The molecule has 1 unspecified atom stereocenters. The number of hydrogen-bond donors (Lipinski definition) is 2. The van der Waals surface area contributed by atoms with E-state index in [4.69, 9.17) is 10.5 Å². The number of rotatable bonds is 6. The summed E-state index contributed by atoms with van der Waals surface area (Å²) in [5.74, 6) is 0. The summed E-state index contributed by atoms with van der Waals surface area (Å²) in [6.07, 6.45) is -0.175. The van der Waals surface area contributed by atoms with Gasteiger partial charge in [0, 0.05) is 13.2 Å². The van der Waals surface area contributed by atoms with Crippen LogP contribution in [0.5, 0.6) is 0 Å². The zero-order valence-electron chi connectivity index (χ0n) is 11.9. The molecule has 0 amide bonds. The molecule has 19 heavy (non-hydrogen) atoms. The maximum atomic E-state index is 12.3. The summed E-state index contributed by atoms with van der Waals surface area (Å²) >= 11 is 0. The number of benzene rings is 1. The lowest BCUT2D eigenvalue weighted by atomic mass is 10.1. The topological polar surface area (TPSA) is 81.4 Å². The highest BCUT2D eigenvalue weighted by atomic mass is 32.2. The Hall–Kier alpha value is -1.11. The molecule has 0 aliphatic rings. The molecule has 1 aromatic carbocycles. The van der Waals surface area contributed by atoms with Gasteiger partial charge in [-0.3, -0.25) is 0 Å². The highest BCUT2D eigenvalue weighted by Crippen LogP contribution is 2.25. The lowest BCUT2D eigenvalue weighted by Crippen LogP contribution is -2.33. The average Bonchev–Trinajstić information content (AvgIpc) is 2.32. The van der Waals surface area contributed by atoms with Crippen LogP contribution in [0.1, 0.15) is 25.0 Å². The van der Waals surface area contributed by atoms with Crippen molar-refractivity contribution in [1.82, 2.24) is 4.72 Å². The van der Waals surface area contributed by atoms with Crippen LogP contribution >= 0.6 is 0 Å². The van der Waals surface area contributed by atoms with Crippen LogP contribution in [0.4, 0.5) is 5.69 Å². The van der Waals surface area contributed by atoms with Gasteiger partial charge in [0.1, 0.15) is 4.90 Å². The van der Waals surface area contributed by atoms with Crippen LogP contribution in [-0.4, -0.2) is 27.7 Å². The van der Waals surface area contributed by atoms with Crippen molar-refractivity contribution >= 4 is 15.7 Å². The predicted octanol–water partition coefficient (Wildman–Crippen LogP) is 1.59. The van der Waals surface area contributed by atoms with Gasteiger partial charge >= 0.3 is 0 Å². The van der Waals surface area contributed by atoms with Gasteiger partial charge in [-0.15, -0.1) is 0 Å². The monoisotopic (exact) mass is 286 g/mol. The minimum atomic E-state index is -3.61. The predicted molar refractivity (Wildman–Crippen MR) is 76.6 cm³/mol. The Labute approximate surface area is 115 Å². The molecule has 0 aliphatic carbocycles. The van der Waals surface area contributed by atoms with Crippen LogP contribution in [0, 0.1) is 13.8 Å². The molecular formula is C13H22N2O3S. The van der Waals surface area contributed by atoms with Gasteiger partial charge in [0.25, 0.3) is 0 Å². The van der Waals surface area contributed by atoms with Gasteiger partial charge in [0.2, 0.25) is 10.0 Å². The molecule has 0 bridgehead atoms. The van der Waals surface area contributed by atoms with E-state index in [1.807, 2.05) is 19.9 Å². The second kappa shape index (κ2) is 6.36. The summed E-state index contributed by atoms with van der Waals surface area (Å²) in [5.41, 5.74) is 7.58. The molecule has 6 heteroatoms. The molecule has 0 saturated carbocycles. The molecule has 5 nitrogen and oxygen atoms in total. The highest BCUT2D eigenvalue weighted by molar-refractivity contribution is 7.89. The third-order valence-corrected chi connectivity index (χ3v) is 4.52. The van der Waals surface area contributed by atoms with Crippen molar-refractivity contribution in [2.75, 3.05) is 18.9 Å². The Morgan fingerprint density at radius 2 is 1.89 bits per heavy atom. The normalized spacial score (nSPS) is 13.5. The van der Waals surface area contributed by atoms with Crippen molar-refractivity contribution in [2.24, 2.45) is 0 Å². The Kier molecular flexibility index (Phi) is 5.34. The first kappa shape index (κ1) is 15.9. The van der Waals surface area contributed by atoms with Crippen molar-refractivity contribution in [1.29, 1.82) is 0 Å². The first-order valence-corrected chi connectivity index (χ1v) is 7.74. The molecule has 0 saturated heterocycles. The summed E-state index contributed by atoms with van der Waals surface area (Å²) in [6, 6.07) is 3.57. The van der Waals surface area contributed by atoms with E-state index in [0.29, 0.717) is 17.9 Å². The average molecular weight is 286 g/mol. The Morgan fingerprint density at radius 1 is 1.32 bits per heavy atom. The van der Waals surface area contributed by atoms with E-state index in [1.54, 1.807) is 19.9 Å². The van der Waals surface area contributed by atoms with E-state index in [-0.39, 0.29) is 17.5 Å². The Bertz CT molecular complexity index is 541. The quantitative estimate of drug-likeness (QED) is 0.778. The van der Waals surface area contributed by atoms with E-state index in [9.17, 15) is 8.42 Å². The maximum absolute atomic E-state index is 12.3. The van der Waals surface area contributed by atoms with Gasteiger partial charge in [0.15, 0.2) is 0 Å². The first-order chi connectivity index (χ1) is 8.79. The van der Waals surface area contributed by atoms with Crippen molar-refractivity contribution in [3.8, 4) is 0 Å². The van der Waals surface area contributed by atoms with E-state index in [1.165, 1.54) is 0 Å². The largest absolute Gasteiger partial charge is 0.397 e. The summed E-state index contributed by atoms with van der Waals surface area (Å²) in [5, 5.41) is 0. The zero-order chi connectivity index (χ0) is 14.6. The van der Waals surface area contributed by atoms with E-state index in [0.717, 1.165) is 5.56 Å². The molecule has 0 aromatic heterocycles. The number of nitrogens with two attached hydrogens (primary N) is 1. The molecule has 0 radical (unpaired) electrons. The molecule has 0 fully saturated rings. The zero-order valence-corrected chi connectivity index (χ0v) is 12.7. The molecule has 1 atom stereocenters. The molecule has 3 N–H and O–H groups in total. The molecule has 1 aromatic rings. The summed E-state index contributed by atoms with van der Waals surface area (Å²) in [6.45, 7) is 7.98. The van der Waals surface area contributed by atoms with Crippen LogP contribution in [0.3, 0.4) is 0 Å². The minimum absolute atomic E-state index is 0.163. The molecule has 0 heterocycles. The van der Waals surface area contributed by atoms with Gasteiger partial charge in [-0.25, -0.2) is 13.1 Å². The second-order valence-corrected chi connectivity index (χ2v) is 6.26. The van der Waals surface area contributed by atoms with Gasteiger partial charge in [-0.05, 0) is 38.8 Å². The van der Waals surface area contributed by atoms with Gasteiger partial charge in [-0.1, -0.05) is 12.1 Å². The molecule has 1 rings (SSSR count). The van der Waals surface area contributed by atoms with Crippen molar-refractivity contribution in [3.63, 3.8) is 0 Å². The van der Waals surface area contributed by atoms with Crippen molar-refractivity contribution in [3.05, 3.63) is 23.3 Å². The number of sulfonamides is 1. The van der Waals surface area contributed by atoms with Crippen LogP contribution in [0.15, 0.2) is 17.0 Å². The molecule has 108 valence electrons. The smallest absolute Gasteiger partial charge is 0.242 e. The SMILES string of the molecule is CCOC(C)CNS(=O)(=O)c1c(C)ccc(C)c1N. The summed E-state index contributed by atoms with van der Waals surface area (Å²) in [4.78, 5) is 0.163. The number of hydrogen-bond acceptors (Lipinski definition) is 4. The molecule has 0 spiro atoms. The number of aryl methyl sites for hydroxylation is 2. The third kappa shape index (κ3) is 3.92. The van der Waals surface area contributed by atoms with Gasteiger partial charge in [-0.2, -0.15) is 0 Å². The highest BCUT2D eigenvalue weighted by Gasteiger charge is 2.21. The Balaban J connectivity index is 2.98. The van der Waals surface area contributed by atoms with Crippen LogP contribution in [-0.2, 0) is 14.8 Å². The standard InChI is InChI=1S/C13H22N2O3S/c1-5-18-11(4)8-15-19(16,17)13-10(3)7-6-9(2)12(13)14/h6-7,11,15H,5,8,14H2,1-4H3. The summed E-state index contributed by atoms with van der Waals surface area (Å²) in [7, 11) is -3.61. The number of anilines is 1. The molecule has 0 aliphatic heterocycles. The van der Waals surface area contributed by atoms with E-state index >= 15 is 0 Å². The first-order valence-electron chi connectivity index (χ1n) is 6.26. The fourth-order valence-electron chi connectivity index (χ4n) is 1.81. The number of ether oxygens (including phenoxy) is 1. The number of nitrogen functional groups attached to an aromatic ring is 1.